The van der Waals surface area contributed by atoms with Crippen LogP contribution >= 0.6 is 0 Å². The molecule has 3 N–H and O–H groups in total. The highest BCUT2D eigenvalue weighted by atomic mass is 16.3. The molecule has 0 amide bonds. The standard InChI is InChI=1S/C10H10N2O/c11-5-7-2-1-6-3-4-8(12)9(6)10(7)13/h1-2,8,13H,3-4,12H2/t8-/m0/s1. The van der Waals surface area contributed by atoms with E-state index in [0.717, 1.165) is 24.0 Å². The smallest absolute Gasteiger partial charge is 0.138 e. The van der Waals surface area contributed by atoms with Gasteiger partial charge in [0.15, 0.2) is 0 Å². The van der Waals surface area contributed by atoms with Gasteiger partial charge in [0.25, 0.3) is 0 Å². The van der Waals surface area contributed by atoms with Crippen LogP contribution in [0.5, 0.6) is 5.75 Å². The Balaban J connectivity index is 2.65. The van der Waals surface area contributed by atoms with Gasteiger partial charge in [0.1, 0.15) is 11.8 Å². The molecule has 0 fully saturated rings. The maximum absolute atomic E-state index is 9.68. The summed E-state index contributed by atoms with van der Waals surface area (Å²) in [5.74, 6) is 0.0741. The molecular weight excluding hydrogens is 164 g/mol. The molecule has 0 heterocycles. The van der Waals surface area contributed by atoms with Crippen molar-refractivity contribution in [2.24, 2.45) is 5.73 Å². The Kier molecular flexibility index (Phi) is 1.71. The number of aromatic hydroxyl groups is 1. The van der Waals surface area contributed by atoms with Crippen molar-refractivity contribution in [1.82, 2.24) is 0 Å². The number of hydrogen-bond donors (Lipinski definition) is 2. The molecule has 0 aliphatic heterocycles. The summed E-state index contributed by atoms with van der Waals surface area (Å²) in [5.41, 5.74) is 7.95. The van der Waals surface area contributed by atoms with Gasteiger partial charge in [-0.15, -0.1) is 0 Å². The van der Waals surface area contributed by atoms with Crippen molar-refractivity contribution in [3.05, 3.63) is 28.8 Å². The summed E-state index contributed by atoms with van der Waals surface area (Å²) in [5, 5.41) is 18.4. The third-order valence-corrected chi connectivity index (χ3v) is 2.52. The average molecular weight is 174 g/mol. The summed E-state index contributed by atoms with van der Waals surface area (Å²) in [6.45, 7) is 0. The summed E-state index contributed by atoms with van der Waals surface area (Å²) in [6.07, 6.45) is 1.76. The van der Waals surface area contributed by atoms with E-state index >= 15 is 0 Å². The van der Waals surface area contributed by atoms with Crippen molar-refractivity contribution in [3.8, 4) is 11.8 Å². The van der Waals surface area contributed by atoms with E-state index in [1.807, 2.05) is 12.1 Å². The maximum Gasteiger partial charge on any atom is 0.138 e. The molecule has 1 aromatic carbocycles. The number of nitriles is 1. The fourth-order valence-corrected chi connectivity index (χ4v) is 1.83. The molecule has 0 radical (unpaired) electrons. The minimum atomic E-state index is -0.108. The van der Waals surface area contributed by atoms with Crippen LogP contribution in [-0.4, -0.2) is 5.11 Å². The van der Waals surface area contributed by atoms with Crippen LogP contribution < -0.4 is 5.73 Å². The lowest BCUT2D eigenvalue weighted by atomic mass is 10.0. The third kappa shape index (κ3) is 1.07. The van der Waals surface area contributed by atoms with Crippen molar-refractivity contribution >= 4 is 0 Å². The van der Waals surface area contributed by atoms with E-state index in [4.69, 9.17) is 11.0 Å². The van der Waals surface area contributed by atoms with Gasteiger partial charge >= 0.3 is 0 Å². The molecular formula is C10H10N2O. The highest BCUT2D eigenvalue weighted by Gasteiger charge is 2.23. The van der Waals surface area contributed by atoms with Gasteiger partial charge in [-0.2, -0.15) is 5.26 Å². The van der Waals surface area contributed by atoms with Gasteiger partial charge in [0, 0.05) is 11.6 Å². The number of nitrogens with zero attached hydrogens (tertiary/aromatic N) is 1. The second-order valence-electron chi connectivity index (χ2n) is 3.29. The Hall–Kier alpha value is -1.53. The summed E-state index contributed by atoms with van der Waals surface area (Å²) in [6, 6.07) is 5.35. The van der Waals surface area contributed by atoms with E-state index in [1.165, 1.54) is 0 Å². The van der Waals surface area contributed by atoms with Gasteiger partial charge < -0.3 is 10.8 Å². The highest BCUT2D eigenvalue weighted by Crippen LogP contribution is 2.37. The molecule has 3 heteroatoms. The number of phenols is 1. The molecule has 1 aliphatic carbocycles. The van der Waals surface area contributed by atoms with E-state index in [2.05, 4.69) is 0 Å². The third-order valence-electron chi connectivity index (χ3n) is 2.52. The summed E-state index contributed by atoms with van der Waals surface area (Å²) < 4.78 is 0. The van der Waals surface area contributed by atoms with E-state index in [-0.39, 0.29) is 11.8 Å². The quantitative estimate of drug-likeness (QED) is 0.621. The van der Waals surface area contributed by atoms with Gasteiger partial charge in [0.2, 0.25) is 0 Å². The molecule has 1 atom stereocenters. The van der Waals surface area contributed by atoms with Gasteiger partial charge in [-0.3, -0.25) is 0 Å². The number of aryl methyl sites for hydroxylation is 1. The molecule has 1 aromatic rings. The first-order valence-electron chi connectivity index (χ1n) is 4.24. The van der Waals surface area contributed by atoms with E-state index in [1.54, 1.807) is 6.07 Å². The monoisotopic (exact) mass is 174 g/mol. The van der Waals surface area contributed by atoms with Crippen molar-refractivity contribution < 1.29 is 5.11 Å². The van der Waals surface area contributed by atoms with E-state index in [9.17, 15) is 5.11 Å². The van der Waals surface area contributed by atoms with Gasteiger partial charge in [-0.05, 0) is 24.5 Å². The molecule has 1 aliphatic rings. The first-order chi connectivity index (χ1) is 6.24. The lowest BCUT2D eigenvalue weighted by molar-refractivity contribution is 0.462. The Bertz CT molecular complexity index is 393. The molecule has 0 bridgehead atoms. The molecule has 0 unspecified atom stereocenters. The van der Waals surface area contributed by atoms with Crippen LogP contribution in [0.1, 0.15) is 29.2 Å². The fraction of sp³-hybridized carbons (Fsp3) is 0.300. The first kappa shape index (κ1) is 8.09. The Morgan fingerprint density at radius 3 is 3.00 bits per heavy atom. The van der Waals surface area contributed by atoms with Crippen LogP contribution in [-0.2, 0) is 6.42 Å². The Labute approximate surface area is 76.4 Å². The van der Waals surface area contributed by atoms with Crippen molar-refractivity contribution in [2.75, 3.05) is 0 Å². The second-order valence-corrected chi connectivity index (χ2v) is 3.29. The number of benzene rings is 1. The molecule has 2 rings (SSSR count). The van der Waals surface area contributed by atoms with Crippen LogP contribution in [0.2, 0.25) is 0 Å². The number of hydrogen-bond acceptors (Lipinski definition) is 3. The molecule has 0 saturated heterocycles. The lowest BCUT2D eigenvalue weighted by Crippen LogP contribution is -2.05. The summed E-state index contributed by atoms with van der Waals surface area (Å²) in [4.78, 5) is 0. The molecule has 0 spiro atoms. The van der Waals surface area contributed by atoms with Crippen LogP contribution in [0.25, 0.3) is 0 Å². The Morgan fingerprint density at radius 2 is 2.31 bits per heavy atom. The number of fused-ring (bicyclic) bond motifs is 1. The average Bonchev–Trinajstić information content (AvgIpc) is 2.49. The minimum Gasteiger partial charge on any atom is -0.506 e. The SMILES string of the molecule is N#Cc1ccc2c(c1O)[C@@H](N)CC2. The second kappa shape index (κ2) is 2.75. The number of nitrogens with two attached hydrogens (primary N) is 1. The zero-order chi connectivity index (χ0) is 9.42. The molecule has 0 saturated carbocycles. The topological polar surface area (TPSA) is 70.0 Å². The predicted molar refractivity (Wildman–Crippen MR) is 48.1 cm³/mol. The maximum atomic E-state index is 9.68. The van der Waals surface area contributed by atoms with E-state index in [0.29, 0.717) is 5.56 Å². The normalized spacial score (nSPS) is 19.5. The predicted octanol–water partition coefficient (Wildman–Crippen LogP) is 1.21. The molecule has 3 nitrogen and oxygen atoms in total. The van der Waals surface area contributed by atoms with Crippen molar-refractivity contribution in [2.45, 2.75) is 18.9 Å². The molecule has 0 aromatic heterocycles. The van der Waals surface area contributed by atoms with Crippen LogP contribution in [0.4, 0.5) is 0 Å². The summed E-state index contributed by atoms with van der Waals surface area (Å²) >= 11 is 0. The number of phenolic OH excluding ortho intramolecular Hbond substituents is 1. The fourth-order valence-electron chi connectivity index (χ4n) is 1.83. The minimum absolute atomic E-state index is 0.0741. The molecule has 13 heavy (non-hydrogen) atoms. The van der Waals surface area contributed by atoms with Crippen molar-refractivity contribution in [1.29, 1.82) is 5.26 Å². The van der Waals surface area contributed by atoms with Crippen molar-refractivity contribution in [3.63, 3.8) is 0 Å². The van der Waals surface area contributed by atoms with Gasteiger partial charge in [0.05, 0.1) is 5.56 Å². The number of rotatable bonds is 0. The lowest BCUT2D eigenvalue weighted by Gasteiger charge is -2.07. The van der Waals surface area contributed by atoms with Gasteiger partial charge in [-0.1, -0.05) is 6.07 Å². The van der Waals surface area contributed by atoms with Crippen LogP contribution in [0.3, 0.4) is 0 Å². The molecule has 66 valence electrons. The first-order valence-corrected chi connectivity index (χ1v) is 4.24. The van der Waals surface area contributed by atoms with Crippen LogP contribution in [0, 0.1) is 11.3 Å². The van der Waals surface area contributed by atoms with Crippen LogP contribution in [0.15, 0.2) is 12.1 Å². The highest BCUT2D eigenvalue weighted by molar-refractivity contribution is 5.54. The summed E-state index contributed by atoms with van der Waals surface area (Å²) in [7, 11) is 0. The zero-order valence-corrected chi connectivity index (χ0v) is 7.12. The zero-order valence-electron chi connectivity index (χ0n) is 7.12. The van der Waals surface area contributed by atoms with Gasteiger partial charge in [-0.25, -0.2) is 0 Å². The van der Waals surface area contributed by atoms with E-state index < -0.39 is 0 Å². The Morgan fingerprint density at radius 1 is 1.54 bits per heavy atom. The largest absolute Gasteiger partial charge is 0.506 e.